The maximum absolute atomic E-state index is 2.36. The lowest BCUT2D eigenvalue weighted by Gasteiger charge is -2.27. The first-order valence-corrected chi connectivity index (χ1v) is 10.6. The molecule has 6 rings (SSSR count). The van der Waals surface area contributed by atoms with E-state index in [1.807, 2.05) is 0 Å². The number of hydrogen-bond donors (Lipinski definition) is 0. The molecule has 0 heterocycles. The zero-order valence-corrected chi connectivity index (χ0v) is 17.1. The highest BCUT2D eigenvalue weighted by atomic mass is 15.1. The van der Waals surface area contributed by atoms with Gasteiger partial charge in [0.15, 0.2) is 0 Å². The van der Waals surface area contributed by atoms with E-state index in [0.717, 1.165) is 11.4 Å². The second kappa shape index (κ2) is 7.30. The van der Waals surface area contributed by atoms with E-state index in [1.54, 1.807) is 0 Å². The van der Waals surface area contributed by atoms with Crippen LogP contribution in [0.1, 0.15) is 0 Å². The van der Waals surface area contributed by atoms with E-state index in [4.69, 9.17) is 0 Å². The summed E-state index contributed by atoms with van der Waals surface area (Å²) in [6, 6.07) is 45.5. The number of nitrogens with zero attached hydrogens (tertiary/aromatic N) is 1. The van der Waals surface area contributed by atoms with Gasteiger partial charge in [0, 0.05) is 16.8 Å². The number of fused-ring (bicyclic) bond motifs is 4. The molecule has 6 aromatic rings. The van der Waals surface area contributed by atoms with Crippen molar-refractivity contribution in [2.75, 3.05) is 4.90 Å². The van der Waals surface area contributed by atoms with Gasteiger partial charge in [-0.3, -0.25) is 0 Å². The van der Waals surface area contributed by atoms with Gasteiger partial charge in [-0.2, -0.15) is 0 Å². The van der Waals surface area contributed by atoms with Gasteiger partial charge in [0.2, 0.25) is 0 Å². The summed E-state index contributed by atoms with van der Waals surface area (Å²) in [7, 11) is 0. The number of rotatable bonds is 3. The maximum atomic E-state index is 2.36. The van der Waals surface area contributed by atoms with E-state index in [0.29, 0.717) is 0 Å². The van der Waals surface area contributed by atoms with Crippen molar-refractivity contribution in [2.24, 2.45) is 0 Å². The van der Waals surface area contributed by atoms with Crippen molar-refractivity contribution >= 4 is 49.4 Å². The van der Waals surface area contributed by atoms with Gasteiger partial charge in [0.05, 0.1) is 5.69 Å². The average Bonchev–Trinajstić information content (AvgIpc) is 2.84. The molecule has 0 aliphatic rings. The minimum absolute atomic E-state index is 1.15. The molecule has 0 atom stereocenters. The molecular formula is C30H21N. The predicted molar refractivity (Wildman–Crippen MR) is 134 cm³/mol. The third-order valence-electron chi connectivity index (χ3n) is 5.97. The third-order valence-corrected chi connectivity index (χ3v) is 5.97. The van der Waals surface area contributed by atoms with Crippen molar-refractivity contribution < 1.29 is 0 Å². The van der Waals surface area contributed by atoms with Crippen LogP contribution in [0.2, 0.25) is 0 Å². The quantitative estimate of drug-likeness (QED) is 0.214. The molecule has 1 heteroatoms. The molecule has 0 radical (unpaired) electrons. The van der Waals surface area contributed by atoms with Crippen LogP contribution in [-0.4, -0.2) is 0 Å². The van der Waals surface area contributed by atoms with Gasteiger partial charge >= 0.3 is 0 Å². The largest absolute Gasteiger partial charge is 0.310 e. The van der Waals surface area contributed by atoms with Gasteiger partial charge in [-0.15, -0.1) is 0 Å². The molecule has 31 heavy (non-hydrogen) atoms. The summed E-state index contributed by atoms with van der Waals surface area (Å²) in [6.07, 6.45) is 0. The van der Waals surface area contributed by atoms with Crippen molar-refractivity contribution in [3.63, 3.8) is 0 Å². The normalized spacial score (nSPS) is 11.2. The standard InChI is InChI=1S/C30H21N/c1-3-13-25(14-4-1)31(26-15-5-2-6-16-26)30-21-24-19-22-11-7-8-12-23(22)20-29(24)27-17-9-10-18-28(27)30/h1-21H. The minimum atomic E-state index is 1.15. The highest BCUT2D eigenvalue weighted by Crippen LogP contribution is 2.42. The summed E-state index contributed by atoms with van der Waals surface area (Å²) in [4.78, 5) is 2.36. The fourth-order valence-electron chi connectivity index (χ4n) is 4.54. The molecule has 0 aromatic heterocycles. The number of para-hydroxylation sites is 2. The van der Waals surface area contributed by atoms with Crippen LogP contribution in [0.4, 0.5) is 17.1 Å². The second-order valence-electron chi connectivity index (χ2n) is 7.87. The smallest absolute Gasteiger partial charge is 0.0546 e. The van der Waals surface area contributed by atoms with E-state index < -0.39 is 0 Å². The molecule has 0 N–H and O–H groups in total. The summed E-state index contributed by atoms with van der Waals surface area (Å²) >= 11 is 0. The Balaban J connectivity index is 1.73. The second-order valence-corrected chi connectivity index (χ2v) is 7.87. The van der Waals surface area contributed by atoms with Crippen molar-refractivity contribution in [2.45, 2.75) is 0 Å². The predicted octanol–water partition coefficient (Wildman–Crippen LogP) is 8.62. The fourth-order valence-corrected chi connectivity index (χ4v) is 4.54. The fraction of sp³-hybridized carbons (Fsp3) is 0. The molecule has 1 nitrogen and oxygen atoms in total. The van der Waals surface area contributed by atoms with Crippen LogP contribution in [0.3, 0.4) is 0 Å². The van der Waals surface area contributed by atoms with Gasteiger partial charge in [-0.05, 0) is 69.4 Å². The Bertz CT molecular complexity index is 1480. The van der Waals surface area contributed by atoms with Gasteiger partial charge in [0.1, 0.15) is 0 Å². The molecule has 0 unspecified atom stereocenters. The lowest BCUT2D eigenvalue weighted by atomic mass is 9.96. The van der Waals surface area contributed by atoms with Crippen LogP contribution in [0.25, 0.3) is 32.3 Å². The SMILES string of the molecule is c1ccc(N(c2ccccc2)c2cc3cc4ccccc4cc3c3ccccc23)cc1. The molecule has 0 saturated heterocycles. The lowest BCUT2D eigenvalue weighted by Crippen LogP contribution is -2.10. The molecule has 146 valence electrons. The first-order valence-electron chi connectivity index (χ1n) is 10.6. The van der Waals surface area contributed by atoms with E-state index in [1.165, 1.54) is 38.0 Å². The molecular weight excluding hydrogens is 374 g/mol. The monoisotopic (exact) mass is 395 g/mol. The molecule has 0 saturated carbocycles. The van der Waals surface area contributed by atoms with Crippen LogP contribution in [-0.2, 0) is 0 Å². The Morgan fingerprint density at radius 2 is 0.871 bits per heavy atom. The number of hydrogen-bond acceptors (Lipinski definition) is 1. The Hall–Kier alpha value is -4.10. The van der Waals surface area contributed by atoms with E-state index >= 15 is 0 Å². The Morgan fingerprint density at radius 1 is 0.355 bits per heavy atom. The van der Waals surface area contributed by atoms with Crippen molar-refractivity contribution in [3.05, 3.63) is 127 Å². The molecule has 0 bridgehead atoms. The van der Waals surface area contributed by atoms with Crippen molar-refractivity contribution in [1.29, 1.82) is 0 Å². The highest BCUT2D eigenvalue weighted by molar-refractivity contribution is 6.17. The Labute approximate surface area is 181 Å². The summed E-state index contributed by atoms with van der Waals surface area (Å²) in [6.45, 7) is 0. The molecule has 0 aliphatic heterocycles. The van der Waals surface area contributed by atoms with Crippen LogP contribution in [0.5, 0.6) is 0 Å². The minimum Gasteiger partial charge on any atom is -0.310 e. The maximum Gasteiger partial charge on any atom is 0.0546 e. The summed E-state index contributed by atoms with van der Waals surface area (Å²) < 4.78 is 0. The first kappa shape index (κ1) is 17.7. The van der Waals surface area contributed by atoms with E-state index in [9.17, 15) is 0 Å². The lowest BCUT2D eigenvalue weighted by molar-refractivity contribution is 1.30. The Morgan fingerprint density at radius 3 is 1.52 bits per heavy atom. The summed E-state index contributed by atoms with van der Waals surface area (Å²) in [5.74, 6) is 0. The van der Waals surface area contributed by atoms with Crippen LogP contribution >= 0.6 is 0 Å². The van der Waals surface area contributed by atoms with Crippen molar-refractivity contribution in [3.8, 4) is 0 Å². The highest BCUT2D eigenvalue weighted by Gasteiger charge is 2.17. The summed E-state index contributed by atoms with van der Waals surface area (Å²) in [5, 5.41) is 7.61. The molecule has 6 aromatic carbocycles. The van der Waals surface area contributed by atoms with Gasteiger partial charge < -0.3 is 4.90 Å². The van der Waals surface area contributed by atoms with E-state index in [-0.39, 0.29) is 0 Å². The average molecular weight is 396 g/mol. The molecule has 0 aliphatic carbocycles. The van der Waals surface area contributed by atoms with Crippen LogP contribution < -0.4 is 4.90 Å². The van der Waals surface area contributed by atoms with Crippen LogP contribution in [0.15, 0.2) is 127 Å². The number of anilines is 3. The van der Waals surface area contributed by atoms with Crippen molar-refractivity contribution in [1.82, 2.24) is 0 Å². The number of benzene rings is 6. The third kappa shape index (κ3) is 3.03. The molecule has 0 fully saturated rings. The van der Waals surface area contributed by atoms with E-state index in [2.05, 4.69) is 132 Å². The van der Waals surface area contributed by atoms with Gasteiger partial charge in [-0.1, -0.05) is 84.9 Å². The topological polar surface area (TPSA) is 3.24 Å². The van der Waals surface area contributed by atoms with Gasteiger partial charge in [0.25, 0.3) is 0 Å². The zero-order chi connectivity index (χ0) is 20.6. The zero-order valence-electron chi connectivity index (χ0n) is 17.1. The molecule has 0 amide bonds. The van der Waals surface area contributed by atoms with Crippen LogP contribution in [0, 0.1) is 0 Å². The first-order chi connectivity index (χ1) is 15.4. The van der Waals surface area contributed by atoms with Gasteiger partial charge in [-0.25, -0.2) is 0 Å². The summed E-state index contributed by atoms with van der Waals surface area (Å²) in [5.41, 5.74) is 3.49. The Kier molecular flexibility index (Phi) is 4.18. The molecule has 0 spiro atoms.